The second kappa shape index (κ2) is 4.68. The van der Waals surface area contributed by atoms with Gasteiger partial charge in [0.2, 0.25) is 11.8 Å². The SMILES string of the molecule is CCC(=O)N1c2ccccc2C[C@@H]1C(=O)NC1CC1. The first-order valence-electron chi connectivity index (χ1n) is 6.91. The summed E-state index contributed by atoms with van der Waals surface area (Å²) in [4.78, 5) is 26.1. The van der Waals surface area contributed by atoms with Crippen LogP contribution in [0.5, 0.6) is 0 Å². The number of carbonyl (C=O) groups excluding carboxylic acids is 2. The Morgan fingerprint density at radius 1 is 1.32 bits per heavy atom. The first-order chi connectivity index (χ1) is 9.20. The minimum absolute atomic E-state index is 0.0134. The van der Waals surface area contributed by atoms with Crippen LogP contribution in [0.15, 0.2) is 24.3 Å². The van der Waals surface area contributed by atoms with Crippen molar-refractivity contribution in [1.82, 2.24) is 5.32 Å². The van der Waals surface area contributed by atoms with Crippen LogP contribution in [0.25, 0.3) is 0 Å². The van der Waals surface area contributed by atoms with E-state index in [0.717, 1.165) is 24.1 Å². The summed E-state index contributed by atoms with van der Waals surface area (Å²) in [5.74, 6) is 0.00129. The normalized spacial score (nSPS) is 21.1. The molecule has 3 rings (SSSR count). The van der Waals surface area contributed by atoms with Crippen molar-refractivity contribution in [3.05, 3.63) is 29.8 Å². The molecule has 1 atom stereocenters. The third-order valence-corrected chi connectivity index (χ3v) is 3.77. The van der Waals surface area contributed by atoms with Gasteiger partial charge in [-0.2, -0.15) is 0 Å². The molecule has 1 aliphatic heterocycles. The minimum atomic E-state index is -0.370. The second-order valence-corrected chi connectivity index (χ2v) is 5.25. The first-order valence-corrected chi connectivity index (χ1v) is 6.91. The average molecular weight is 258 g/mol. The molecule has 0 bridgehead atoms. The van der Waals surface area contributed by atoms with E-state index in [1.54, 1.807) is 4.90 Å². The van der Waals surface area contributed by atoms with Crippen molar-refractivity contribution in [2.75, 3.05) is 4.90 Å². The van der Waals surface area contributed by atoms with Gasteiger partial charge in [-0.1, -0.05) is 25.1 Å². The quantitative estimate of drug-likeness (QED) is 0.896. The fourth-order valence-electron chi connectivity index (χ4n) is 2.60. The lowest BCUT2D eigenvalue weighted by molar-refractivity contribution is -0.126. The highest BCUT2D eigenvalue weighted by Crippen LogP contribution is 2.33. The summed E-state index contributed by atoms with van der Waals surface area (Å²) in [5, 5.41) is 3.01. The number of hydrogen-bond donors (Lipinski definition) is 1. The molecule has 0 unspecified atom stereocenters. The number of nitrogens with one attached hydrogen (secondary N) is 1. The Morgan fingerprint density at radius 2 is 2.05 bits per heavy atom. The predicted octanol–water partition coefficient (Wildman–Crippen LogP) is 1.63. The zero-order valence-electron chi connectivity index (χ0n) is 11.1. The first kappa shape index (κ1) is 12.2. The van der Waals surface area contributed by atoms with Crippen molar-refractivity contribution >= 4 is 17.5 Å². The van der Waals surface area contributed by atoms with Crippen LogP contribution in [0.3, 0.4) is 0 Å². The van der Waals surface area contributed by atoms with Gasteiger partial charge in [-0.15, -0.1) is 0 Å². The number of rotatable bonds is 3. The monoisotopic (exact) mass is 258 g/mol. The van der Waals surface area contributed by atoms with E-state index >= 15 is 0 Å². The Bertz CT molecular complexity index is 523. The van der Waals surface area contributed by atoms with Crippen LogP contribution in [-0.4, -0.2) is 23.9 Å². The van der Waals surface area contributed by atoms with Gasteiger partial charge in [-0.05, 0) is 24.5 Å². The van der Waals surface area contributed by atoms with Crippen molar-refractivity contribution in [2.24, 2.45) is 0 Å². The average Bonchev–Trinajstić information content (AvgIpc) is 3.15. The lowest BCUT2D eigenvalue weighted by Crippen LogP contribution is -2.48. The summed E-state index contributed by atoms with van der Waals surface area (Å²) in [6.07, 6.45) is 3.17. The largest absolute Gasteiger partial charge is 0.352 e. The van der Waals surface area contributed by atoms with Gasteiger partial charge in [0.25, 0.3) is 0 Å². The molecule has 2 amide bonds. The van der Waals surface area contributed by atoms with E-state index in [2.05, 4.69) is 5.32 Å². The highest BCUT2D eigenvalue weighted by Gasteiger charge is 2.39. The number of fused-ring (bicyclic) bond motifs is 1. The van der Waals surface area contributed by atoms with Gasteiger partial charge in [-0.3, -0.25) is 14.5 Å². The highest BCUT2D eigenvalue weighted by molar-refractivity contribution is 6.03. The Kier molecular flexibility index (Phi) is 3.01. The van der Waals surface area contributed by atoms with Crippen molar-refractivity contribution in [3.63, 3.8) is 0 Å². The Morgan fingerprint density at radius 3 is 2.74 bits per heavy atom. The summed E-state index contributed by atoms with van der Waals surface area (Å²) in [5.41, 5.74) is 1.98. The van der Waals surface area contributed by atoms with Gasteiger partial charge in [0.1, 0.15) is 6.04 Å². The smallest absolute Gasteiger partial charge is 0.243 e. The molecule has 4 heteroatoms. The molecular weight excluding hydrogens is 240 g/mol. The number of para-hydroxylation sites is 1. The molecule has 0 spiro atoms. The molecule has 0 radical (unpaired) electrons. The Labute approximate surface area is 112 Å². The molecular formula is C15H18N2O2. The fraction of sp³-hybridized carbons (Fsp3) is 0.467. The molecule has 1 aromatic rings. The molecule has 1 aromatic carbocycles. The molecule has 1 aliphatic carbocycles. The van der Waals surface area contributed by atoms with Gasteiger partial charge in [0.05, 0.1) is 0 Å². The molecule has 19 heavy (non-hydrogen) atoms. The van der Waals surface area contributed by atoms with Crippen LogP contribution >= 0.6 is 0 Å². The summed E-state index contributed by atoms with van der Waals surface area (Å²) in [6.45, 7) is 1.83. The lowest BCUT2D eigenvalue weighted by Gasteiger charge is -2.24. The van der Waals surface area contributed by atoms with Crippen LogP contribution in [0, 0.1) is 0 Å². The van der Waals surface area contributed by atoms with Crippen molar-refractivity contribution in [2.45, 2.75) is 44.7 Å². The zero-order chi connectivity index (χ0) is 13.4. The summed E-state index contributed by atoms with van der Waals surface area (Å²) < 4.78 is 0. The molecule has 4 nitrogen and oxygen atoms in total. The topological polar surface area (TPSA) is 49.4 Å². The van der Waals surface area contributed by atoms with Crippen LogP contribution in [-0.2, 0) is 16.0 Å². The summed E-state index contributed by atoms with van der Waals surface area (Å²) >= 11 is 0. The van der Waals surface area contributed by atoms with E-state index in [4.69, 9.17) is 0 Å². The van der Waals surface area contributed by atoms with Gasteiger partial charge in [0, 0.05) is 24.6 Å². The standard InChI is InChI=1S/C15H18N2O2/c1-2-14(18)17-12-6-4-3-5-10(12)9-13(17)15(19)16-11-7-8-11/h3-6,11,13H,2,7-9H2,1H3,(H,16,19)/t13-/m1/s1. The summed E-state index contributed by atoms with van der Waals surface area (Å²) in [6, 6.07) is 7.74. The third-order valence-electron chi connectivity index (χ3n) is 3.77. The maximum Gasteiger partial charge on any atom is 0.243 e. The molecule has 1 N–H and O–H groups in total. The van der Waals surface area contributed by atoms with Crippen LogP contribution in [0.1, 0.15) is 31.7 Å². The van der Waals surface area contributed by atoms with E-state index < -0.39 is 0 Å². The number of carbonyl (C=O) groups is 2. The Hall–Kier alpha value is -1.84. The fourth-order valence-corrected chi connectivity index (χ4v) is 2.60. The predicted molar refractivity (Wildman–Crippen MR) is 72.9 cm³/mol. The number of nitrogens with zero attached hydrogens (tertiary/aromatic N) is 1. The van der Waals surface area contributed by atoms with Crippen LogP contribution in [0.2, 0.25) is 0 Å². The molecule has 0 saturated heterocycles. The third kappa shape index (κ3) is 2.23. The summed E-state index contributed by atoms with van der Waals surface area (Å²) in [7, 11) is 0. The van der Waals surface area contributed by atoms with Crippen molar-refractivity contribution < 1.29 is 9.59 Å². The highest BCUT2D eigenvalue weighted by atomic mass is 16.2. The van der Waals surface area contributed by atoms with Crippen molar-refractivity contribution in [1.29, 1.82) is 0 Å². The van der Waals surface area contributed by atoms with E-state index in [-0.39, 0.29) is 17.9 Å². The second-order valence-electron chi connectivity index (χ2n) is 5.25. The minimum Gasteiger partial charge on any atom is -0.352 e. The number of hydrogen-bond acceptors (Lipinski definition) is 2. The lowest BCUT2D eigenvalue weighted by atomic mass is 10.1. The number of anilines is 1. The molecule has 1 fully saturated rings. The number of benzene rings is 1. The van der Waals surface area contributed by atoms with Crippen molar-refractivity contribution in [3.8, 4) is 0 Å². The van der Waals surface area contributed by atoms with Gasteiger partial charge in [-0.25, -0.2) is 0 Å². The van der Waals surface area contributed by atoms with Crippen LogP contribution in [0.4, 0.5) is 5.69 Å². The maximum absolute atomic E-state index is 12.3. The maximum atomic E-state index is 12.3. The Balaban J connectivity index is 1.87. The van der Waals surface area contributed by atoms with E-state index in [9.17, 15) is 9.59 Å². The van der Waals surface area contributed by atoms with Crippen LogP contribution < -0.4 is 10.2 Å². The molecule has 1 heterocycles. The van der Waals surface area contributed by atoms with E-state index in [1.807, 2.05) is 31.2 Å². The number of amides is 2. The van der Waals surface area contributed by atoms with Gasteiger partial charge in [0.15, 0.2) is 0 Å². The molecule has 2 aliphatic rings. The zero-order valence-corrected chi connectivity index (χ0v) is 11.1. The molecule has 100 valence electrons. The molecule has 0 aromatic heterocycles. The van der Waals surface area contributed by atoms with E-state index in [0.29, 0.717) is 18.9 Å². The van der Waals surface area contributed by atoms with Gasteiger partial charge < -0.3 is 5.32 Å². The molecule has 1 saturated carbocycles. The van der Waals surface area contributed by atoms with Gasteiger partial charge >= 0.3 is 0 Å². The van der Waals surface area contributed by atoms with E-state index in [1.165, 1.54) is 0 Å².